The van der Waals surface area contributed by atoms with Gasteiger partial charge in [0.2, 0.25) is 0 Å². The zero-order chi connectivity index (χ0) is 13.7. The Balaban J connectivity index is 1.97. The highest BCUT2D eigenvalue weighted by atomic mass is 16.5. The summed E-state index contributed by atoms with van der Waals surface area (Å²) in [4.78, 5) is 14.1. The molecule has 104 valence electrons. The summed E-state index contributed by atoms with van der Waals surface area (Å²) in [6, 6.07) is 7.32. The van der Waals surface area contributed by atoms with Gasteiger partial charge in [-0.25, -0.2) is 0 Å². The number of benzene rings is 1. The fourth-order valence-electron chi connectivity index (χ4n) is 2.53. The van der Waals surface area contributed by atoms with Gasteiger partial charge in [0.15, 0.2) is 0 Å². The van der Waals surface area contributed by atoms with Crippen molar-refractivity contribution in [2.24, 2.45) is 5.92 Å². The Labute approximate surface area is 114 Å². The molecule has 0 aromatic heterocycles. The lowest BCUT2D eigenvalue weighted by Crippen LogP contribution is -2.39. The van der Waals surface area contributed by atoms with Crippen molar-refractivity contribution in [2.75, 3.05) is 33.8 Å². The highest BCUT2D eigenvalue weighted by molar-refractivity contribution is 5.94. The summed E-state index contributed by atoms with van der Waals surface area (Å²) in [6.07, 6.45) is 2.40. The Morgan fingerprint density at radius 2 is 2.37 bits per heavy atom. The van der Waals surface area contributed by atoms with Gasteiger partial charge in [-0.05, 0) is 50.0 Å². The Kier molecular flexibility index (Phi) is 4.80. The van der Waals surface area contributed by atoms with Crippen LogP contribution in [0.15, 0.2) is 24.3 Å². The van der Waals surface area contributed by atoms with Crippen LogP contribution in [0.25, 0.3) is 0 Å². The second kappa shape index (κ2) is 6.57. The van der Waals surface area contributed by atoms with E-state index in [1.54, 1.807) is 13.2 Å². The van der Waals surface area contributed by atoms with Crippen LogP contribution in [0.2, 0.25) is 0 Å². The summed E-state index contributed by atoms with van der Waals surface area (Å²) < 4.78 is 5.15. The van der Waals surface area contributed by atoms with Crippen molar-refractivity contribution in [3.8, 4) is 5.75 Å². The molecule has 1 aliphatic heterocycles. The molecule has 4 nitrogen and oxygen atoms in total. The topological polar surface area (TPSA) is 41.6 Å². The molecule has 1 fully saturated rings. The number of carbonyl (C=O) groups excluding carboxylic acids is 1. The van der Waals surface area contributed by atoms with E-state index in [9.17, 15) is 4.79 Å². The number of nitrogens with one attached hydrogen (secondary N) is 1. The molecule has 4 heteroatoms. The van der Waals surface area contributed by atoms with Gasteiger partial charge in [-0.1, -0.05) is 6.07 Å². The number of methoxy groups -OCH3 is 1. The molecule has 2 rings (SSSR count). The average molecular weight is 262 g/mol. The van der Waals surface area contributed by atoms with Crippen LogP contribution in [0.5, 0.6) is 5.75 Å². The third kappa shape index (κ3) is 3.70. The van der Waals surface area contributed by atoms with Gasteiger partial charge >= 0.3 is 0 Å². The van der Waals surface area contributed by atoms with Gasteiger partial charge in [-0.15, -0.1) is 0 Å². The van der Waals surface area contributed by atoms with Gasteiger partial charge in [0.05, 0.1) is 7.11 Å². The molecule has 1 atom stereocenters. The quantitative estimate of drug-likeness (QED) is 0.899. The Morgan fingerprint density at radius 1 is 1.53 bits per heavy atom. The molecule has 1 saturated heterocycles. The normalized spacial score (nSPS) is 18.9. The predicted octanol–water partition coefficient (Wildman–Crippen LogP) is 1.77. The number of carbonyl (C=O) groups is 1. The predicted molar refractivity (Wildman–Crippen MR) is 75.5 cm³/mol. The number of hydrogen-bond donors (Lipinski definition) is 1. The second-order valence-corrected chi connectivity index (χ2v) is 5.13. The summed E-state index contributed by atoms with van der Waals surface area (Å²) in [5.41, 5.74) is 0.686. The standard InChI is InChI=1S/C15H22N2O2/c1-17(11-12-5-4-8-16-10-12)15(18)13-6-3-7-14(9-13)19-2/h3,6-7,9,12,16H,4-5,8,10-11H2,1-2H3. The van der Waals surface area contributed by atoms with E-state index in [2.05, 4.69) is 5.32 Å². The van der Waals surface area contributed by atoms with E-state index in [1.807, 2.05) is 30.1 Å². The molecule has 1 aliphatic rings. The molecular formula is C15H22N2O2. The first-order valence-corrected chi connectivity index (χ1v) is 6.81. The molecule has 0 saturated carbocycles. The third-order valence-corrected chi connectivity index (χ3v) is 3.59. The molecule has 1 heterocycles. The molecule has 0 radical (unpaired) electrons. The summed E-state index contributed by atoms with van der Waals surface area (Å²) in [6.45, 7) is 2.92. The molecule has 1 unspecified atom stereocenters. The molecule has 1 aromatic rings. The number of nitrogens with zero attached hydrogens (tertiary/aromatic N) is 1. The van der Waals surface area contributed by atoms with Gasteiger partial charge in [0, 0.05) is 19.2 Å². The van der Waals surface area contributed by atoms with Crippen LogP contribution < -0.4 is 10.1 Å². The lowest BCUT2D eigenvalue weighted by atomic mass is 9.99. The molecule has 0 aliphatic carbocycles. The number of amides is 1. The smallest absolute Gasteiger partial charge is 0.253 e. The maximum atomic E-state index is 12.3. The van der Waals surface area contributed by atoms with Crippen molar-refractivity contribution >= 4 is 5.91 Å². The van der Waals surface area contributed by atoms with Crippen molar-refractivity contribution in [1.82, 2.24) is 10.2 Å². The van der Waals surface area contributed by atoms with Crippen LogP contribution in [-0.4, -0.2) is 44.6 Å². The van der Waals surface area contributed by atoms with Gasteiger partial charge in [-0.2, -0.15) is 0 Å². The SMILES string of the molecule is COc1cccc(C(=O)N(C)CC2CCCNC2)c1. The van der Waals surface area contributed by atoms with Gasteiger partial charge in [-0.3, -0.25) is 4.79 Å². The Bertz CT molecular complexity index is 428. The number of hydrogen-bond acceptors (Lipinski definition) is 3. The first-order valence-electron chi connectivity index (χ1n) is 6.81. The average Bonchev–Trinajstić information content (AvgIpc) is 2.47. The van der Waals surface area contributed by atoms with Crippen LogP contribution in [0.1, 0.15) is 23.2 Å². The van der Waals surface area contributed by atoms with E-state index in [0.29, 0.717) is 11.5 Å². The molecule has 0 bridgehead atoms. The largest absolute Gasteiger partial charge is 0.497 e. The maximum Gasteiger partial charge on any atom is 0.253 e. The van der Waals surface area contributed by atoms with Gasteiger partial charge in [0.1, 0.15) is 5.75 Å². The molecule has 0 spiro atoms. The fraction of sp³-hybridized carbons (Fsp3) is 0.533. The first kappa shape index (κ1) is 13.9. The van der Waals surface area contributed by atoms with Crippen molar-refractivity contribution < 1.29 is 9.53 Å². The fourth-order valence-corrected chi connectivity index (χ4v) is 2.53. The van der Waals surface area contributed by atoms with E-state index in [4.69, 9.17) is 4.74 Å². The monoisotopic (exact) mass is 262 g/mol. The van der Waals surface area contributed by atoms with E-state index in [0.717, 1.165) is 25.4 Å². The van der Waals surface area contributed by atoms with Crippen molar-refractivity contribution in [2.45, 2.75) is 12.8 Å². The third-order valence-electron chi connectivity index (χ3n) is 3.59. The van der Waals surface area contributed by atoms with Crippen LogP contribution in [0.3, 0.4) is 0 Å². The second-order valence-electron chi connectivity index (χ2n) is 5.13. The zero-order valence-electron chi connectivity index (χ0n) is 11.7. The lowest BCUT2D eigenvalue weighted by Gasteiger charge is -2.27. The molecule has 1 N–H and O–H groups in total. The van der Waals surface area contributed by atoms with Crippen molar-refractivity contribution in [3.63, 3.8) is 0 Å². The minimum atomic E-state index is 0.0597. The summed E-state index contributed by atoms with van der Waals surface area (Å²) in [7, 11) is 3.48. The van der Waals surface area contributed by atoms with Crippen LogP contribution in [0, 0.1) is 5.92 Å². The Hall–Kier alpha value is -1.55. The van der Waals surface area contributed by atoms with E-state index < -0.39 is 0 Å². The Morgan fingerprint density at radius 3 is 3.05 bits per heavy atom. The van der Waals surface area contributed by atoms with Gasteiger partial charge < -0.3 is 15.0 Å². The van der Waals surface area contributed by atoms with Crippen LogP contribution in [0.4, 0.5) is 0 Å². The number of rotatable bonds is 4. The summed E-state index contributed by atoms with van der Waals surface area (Å²) >= 11 is 0. The van der Waals surface area contributed by atoms with Crippen LogP contribution >= 0.6 is 0 Å². The van der Waals surface area contributed by atoms with Gasteiger partial charge in [0.25, 0.3) is 5.91 Å². The van der Waals surface area contributed by atoms with Crippen molar-refractivity contribution in [1.29, 1.82) is 0 Å². The van der Waals surface area contributed by atoms with E-state index in [-0.39, 0.29) is 5.91 Å². The van der Waals surface area contributed by atoms with Crippen molar-refractivity contribution in [3.05, 3.63) is 29.8 Å². The highest BCUT2D eigenvalue weighted by Gasteiger charge is 2.19. The minimum absolute atomic E-state index is 0.0597. The van der Waals surface area contributed by atoms with E-state index in [1.165, 1.54) is 12.8 Å². The minimum Gasteiger partial charge on any atom is -0.497 e. The number of ether oxygens (including phenoxy) is 1. The molecule has 1 amide bonds. The highest BCUT2D eigenvalue weighted by Crippen LogP contribution is 2.16. The first-order chi connectivity index (χ1) is 9.20. The summed E-state index contributed by atoms with van der Waals surface area (Å²) in [5.74, 6) is 1.34. The maximum absolute atomic E-state index is 12.3. The van der Waals surface area contributed by atoms with E-state index >= 15 is 0 Å². The summed E-state index contributed by atoms with van der Waals surface area (Å²) in [5, 5.41) is 3.38. The molecule has 19 heavy (non-hydrogen) atoms. The molecule has 1 aromatic carbocycles. The van der Waals surface area contributed by atoms with Crippen LogP contribution in [-0.2, 0) is 0 Å². The molecular weight excluding hydrogens is 240 g/mol. The zero-order valence-corrected chi connectivity index (χ0v) is 11.7. The lowest BCUT2D eigenvalue weighted by molar-refractivity contribution is 0.0764. The number of piperidine rings is 1.